The maximum atomic E-state index is 13.1. The van der Waals surface area contributed by atoms with Crippen molar-refractivity contribution in [3.05, 3.63) is 18.2 Å². The molecule has 1 saturated heterocycles. The summed E-state index contributed by atoms with van der Waals surface area (Å²) in [5.74, 6) is 1.51. The van der Waals surface area contributed by atoms with E-state index < -0.39 is 10.0 Å². The van der Waals surface area contributed by atoms with E-state index in [0.717, 1.165) is 32.1 Å². The normalized spacial score (nSPS) is 25.7. The second kappa shape index (κ2) is 6.69. The zero-order chi connectivity index (χ0) is 16.4. The van der Waals surface area contributed by atoms with Crippen LogP contribution in [0.1, 0.15) is 38.5 Å². The topological polar surface area (TPSA) is 55.8 Å². The molecule has 0 aromatic heterocycles. The lowest BCUT2D eigenvalue weighted by Crippen LogP contribution is -2.49. The van der Waals surface area contributed by atoms with E-state index in [4.69, 9.17) is 9.47 Å². The number of benzene rings is 1. The molecule has 1 aromatic carbocycles. The molecule has 3 rings (SSSR count). The average molecular weight is 339 g/mol. The molecule has 5 nitrogen and oxygen atoms in total. The minimum Gasteiger partial charge on any atom is -0.493 e. The third kappa shape index (κ3) is 3.06. The molecule has 23 heavy (non-hydrogen) atoms. The average Bonchev–Trinajstić information content (AvgIpc) is 2.60. The second-order valence-corrected chi connectivity index (χ2v) is 8.28. The van der Waals surface area contributed by atoms with Crippen LogP contribution < -0.4 is 9.47 Å². The van der Waals surface area contributed by atoms with Gasteiger partial charge in [0.25, 0.3) is 0 Å². The molecular weight excluding hydrogens is 314 g/mol. The van der Waals surface area contributed by atoms with Gasteiger partial charge >= 0.3 is 0 Å². The Balaban J connectivity index is 1.94. The number of hydrogen-bond acceptors (Lipinski definition) is 4. The summed E-state index contributed by atoms with van der Waals surface area (Å²) in [5, 5.41) is 0. The molecule has 128 valence electrons. The van der Waals surface area contributed by atoms with E-state index in [1.54, 1.807) is 29.6 Å². The number of nitrogens with zero attached hydrogens (tertiary/aromatic N) is 1. The van der Waals surface area contributed by atoms with Crippen LogP contribution in [0.4, 0.5) is 0 Å². The number of ether oxygens (including phenoxy) is 2. The zero-order valence-corrected chi connectivity index (χ0v) is 14.6. The summed E-state index contributed by atoms with van der Waals surface area (Å²) >= 11 is 0. The van der Waals surface area contributed by atoms with Crippen LogP contribution in [0.15, 0.2) is 23.1 Å². The van der Waals surface area contributed by atoms with Crippen LogP contribution in [0, 0.1) is 5.92 Å². The van der Waals surface area contributed by atoms with Crippen molar-refractivity contribution in [2.45, 2.75) is 49.5 Å². The molecule has 0 spiro atoms. The molecule has 1 saturated carbocycles. The molecule has 0 N–H and O–H groups in total. The lowest BCUT2D eigenvalue weighted by Gasteiger charge is -2.43. The lowest BCUT2D eigenvalue weighted by molar-refractivity contribution is 0.129. The van der Waals surface area contributed by atoms with Gasteiger partial charge in [-0.2, -0.15) is 4.31 Å². The van der Waals surface area contributed by atoms with Crippen LogP contribution in [-0.4, -0.2) is 39.5 Å². The Morgan fingerprint density at radius 1 is 1.00 bits per heavy atom. The second-order valence-electron chi connectivity index (χ2n) is 6.39. The van der Waals surface area contributed by atoms with E-state index in [0.29, 0.717) is 28.9 Å². The number of fused-ring (bicyclic) bond motifs is 1. The summed E-state index contributed by atoms with van der Waals surface area (Å²) in [6, 6.07) is 5.01. The molecule has 1 heterocycles. The van der Waals surface area contributed by atoms with Crippen LogP contribution in [0.2, 0.25) is 0 Å². The van der Waals surface area contributed by atoms with E-state index in [-0.39, 0.29) is 6.04 Å². The molecule has 1 aromatic rings. The van der Waals surface area contributed by atoms with E-state index >= 15 is 0 Å². The SMILES string of the molecule is COc1ccc(S(=O)(=O)N2CCC[C@H]3CCCC[C@@H]32)cc1OC. The molecule has 2 atom stereocenters. The van der Waals surface area contributed by atoms with Crippen molar-refractivity contribution in [3.8, 4) is 11.5 Å². The minimum atomic E-state index is -3.49. The first kappa shape index (κ1) is 16.6. The van der Waals surface area contributed by atoms with Gasteiger partial charge in [-0.1, -0.05) is 12.8 Å². The van der Waals surface area contributed by atoms with Crippen LogP contribution >= 0.6 is 0 Å². The standard InChI is InChI=1S/C17H25NO4S/c1-21-16-10-9-14(12-17(16)22-2)23(19,20)18-11-5-7-13-6-3-4-8-15(13)18/h9-10,12-13,15H,3-8,11H2,1-2H3/t13-,15+/m1/s1. The third-order valence-corrected chi connectivity index (χ3v) is 7.07. The van der Waals surface area contributed by atoms with Crippen LogP contribution in [-0.2, 0) is 10.0 Å². The molecule has 0 unspecified atom stereocenters. The maximum absolute atomic E-state index is 13.1. The fourth-order valence-electron chi connectivity index (χ4n) is 3.99. The Morgan fingerprint density at radius 3 is 2.43 bits per heavy atom. The first-order valence-corrected chi connectivity index (χ1v) is 9.76. The van der Waals surface area contributed by atoms with Crippen molar-refractivity contribution < 1.29 is 17.9 Å². The van der Waals surface area contributed by atoms with Crippen LogP contribution in [0.5, 0.6) is 11.5 Å². The fourth-order valence-corrected chi connectivity index (χ4v) is 5.76. The van der Waals surface area contributed by atoms with Crippen LogP contribution in [0.25, 0.3) is 0 Å². The smallest absolute Gasteiger partial charge is 0.243 e. The number of piperidine rings is 1. The molecule has 1 aliphatic heterocycles. The molecular formula is C17H25NO4S. The highest BCUT2D eigenvalue weighted by molar-refractivity contribution is 7.89. The largest absolute Gasteiger partial charge is 0.493 e. The highest BCUT2D eigenvalue weighted by Crippen LogP contribution is 2.39. The van der Waals surface area contributed by atoms with Gasteiger partial charge in [0.1, 0.15) is 0 Å². The fraction of sp³-hybridized carbons (Fsp3) is 0.647. The van der Waals surface area contributed by atoms with Gasteiger partial charge in [-0.3, -0.25) is 0 Å². The summed E-state index contributed by atoms with van der Waals surface area (Å²) in [6.07, 6.45) is 6.60. The first-order chi connectivity index (χ1) is 11.1. The van der Waals surface area contributed by atoms with Gasteiger partial charge in [0.2, 0.25) is 10.0 Å². The summed E-state index contributed by atoms with van der Waals surface area (Å²) in [4.78, 5) is 0.293. The van der Waals surface area contributed by atoms with Gasteiger partial charge in [0, 0.05) is 18.7 Å². The Morgan fingerprint density at radius 2 is 1.70 bits per heavy atom. The Labute approximate surface area is 138 Å². The van der Waals surface area contributed by atoms with Gasteiger partial charge < -0.3 is 9.47 Å². The van der Waals surface area contributed by atoms with Crippen molar-refractivity contribution in [2.75, 3.05) is 20.8 Å². The van der Waals surface area contributed by atoms with Gasteiger partial charge in [-0.25, -0.2) is 8.42 Å². The summed E-state index contributed by atoms with van der Waals surface area (Å²) in [7, 11) is -0.427. The van der Waals surface area contributed by atoms with Gasteiger partial charge in [-0.15, -0.1) is 0 Å². The Hall–Kier alpha value is -1.27. The maximum Gasteiger partial charge on any atom is 0.243 e. The summed E-state index contributed by atoms with van der Waals surface area (Å²) in [5.41, 5.74) is 0. The van der Waals surface area contributed by atoms with Crippen molar-refractivity contribution in [1.29, 1.82) is 0 Å². The van der Waals surface area contributed by atoms with E-state index in [9.17, 15) is 8.42 Å². The zero-order valence-electron chi connectivity index (χ0n) is 13.8. The van der Waals surface area contributed by atoms with Crippen molar-refractivity contribution in [1.82, 2.24) is 4.31 Å². The highest BCUT2D eigenvalue weighted by atomic mass is 32.2. The van der Waals surface area contributed by atoms with Gasteiger partial charge in [0.15, 0.2) is 11.5 Å². The highest BCUT2D eigenvalue weighted by Gasteiger charge is 2.40. The van der Waals surface area contributed by atoms with Gasteiger partial charge in [0.05, 0.1) is 19.1 Å². The minimum absolute atomic E-state index is 0.163. The first-order valence-electron chi connectivity index (χ1n) is 8.32. The van der Waals surface area contributed by atoms with Crippen molar-refractivity contribution in [3.63, 3.8) is 0 Å². The van der Waals surface area contributed by atoms with Crippen LogP contribution in [0.3, 0.4) is 0 Å². The number of sulfonamides is 1. The predicted molar refractivity (Wildman–Crippen MR) is 88.4 cm³/mol. The van der Waals surface area contributed by atoms with E-state index in [1.165, 1.54) is 13.5 Å². The van der Waals surface area contributed by atoms with E-state index in [1.807, 2.05) is 0 Å². The number of hydrogen-bond donors (Lipinski definition) is 0. The quantitative estimate of drug-likeness (QED) is 0.846. The molecule has 6 heteroatoms. The molecule has 0 amide bonds. The Bertz CT molecular complexity index is 657. The monoisotopic (exact) mass is 339 g/mol. The number of rotatable bonds is 4. The van der Waals surface area contributed by atoms with E-state index in [2.05, 4.69) is 0 Å². The Kier molecular flexibility index (Phi) is 4.82. The molecule has 1 aliphatic carbocycles. The molecule has 0 bridgehead atoms. The molecule has 0 radical (unpaired) electrons. The third-order valence-electron chi connectivity index (χ3n) is 5.15. The predicted octanol–water partition coefficient (Wildman–Crippen LogP) is 3.05. The molecule has 2 fully saturated rings. The molecule has 2 aliphatic rings. The van der Waals surface area contributed by atoms with Crippen molar-refractivity contribution >= 4 is 10.0 Å². The van der Waals surface area contributed by atoms with Gasteiger partial charge in [-0.05, 0) is 43.7 Å². The summed E-state index contributed by atoms with van der Waals surface area (Å²) < 4.78 is 38.5. The summed E-state index contributed by atoms with van der Waals surface area (Å²) in [6.45, 7) is 0.623. The lowest BCUT2D eigenvalue weighted by atomic mass is 9.79. The number of methoxy groups -OCH3 is 2. The van der Waals surface area contributed by atoms with Crippen molar-refractivity contribution in [2.24, 2.45) is 5.92 Å².